The number of aromatic nitrogens is 3. The first-order chi connectivity index (χ1) is 14.9. The molecular formula is C23H30N6O2S. The van der Waals surface area contributed by atoms with Gasteiger partial charge >= 0.3 is 0 Å². The molecule has 0 fully saturated rings. The van der Waals surface area contributed by atoms with Gasteiger partial charge in [0.1, 0.15) is 22.9 Å². The third kappa shape index (κ3) is 4.67. The van der Waals surface area contributed by atoms with E-state index in [0.29, 0.717) is 17.1 Å². The summed E-state index contributed by atoms with van der Waals surface area (Å²) >= 11 is 1.39. The molecule has 1 aromatic carbocycles. The molecule has 0 spiro atoms. The molecule has 0 radical (unpaired) electrons. The lowest BCUT2D eigenvalue weighted by molar-refractivity contribution is -0.117. The molecule has 3 rings (SSSR count). The van der Waals surface area contributed by atoms with E-state index in [9.17, 15) is 9.59 Å². The molecule has 170 valence electrons. The number of anilines is 2. The number of carbonyl (C=O) groups is 2. The molecule has 2 aromatic heterocycles. The quantitative estimate of drug-likeness (QED) is 0.511. The lowest BCUT2D eigenvalue weighted by atomic mass is 9.95. The second-order valence-corrected chi connectivity index (χ2v) is 9.98. The van der Waals surface area contributed by atoms with Crippen molar-refractivity contribution in [3.05, 3.63) is 46.3 Å². The van der Waals surface area contributed by atoms with Gasteiger partial charge in [0, 0.05) is 16.5 Å². The van der Waals surface area contributed by atoms with Crippen molar-refractivity contribution >= 4 is 35.0 Å². The molecule has 0 saturated carbocycles. The van der Waals surface area contributed by atoms with Gasteiger partial charge in [0.2, 0.25) is 5.91 Å². The van der Waals surface area contributed by atoms with Crippen LogP contribution in [0.15, 0.2) is 30.3 Å². The number of amides is 2. The fourth-order valence-electron chi connectivity index (χ4n) is 3.29. The number of primary amides is 1. The average molecular weight is 455 g/mol. The second kappa shape index (κ2) is 8.74. The van der Waals surface area contributed by atoms with Gasteiger partial charge in [0.25, 0.3) is 5.91 Å². The van der Waals surface area contributed by atoms with Crippen molar-refractivity contribution < 1.29 is 9.59 Å². The molecule has 0 aliphatic rings. The average Bonchev–Trinajstić information content (AvgIpc) is 3.32. The Morgan fingerprint density at radius 3 is 2.25 bits per heavy atom. The molecular weight excluding hydrogens is 424 g/mol. The normalized spacial score (nSPS) is 12.7. The summed E-state index contributed by atoms with van der Waals surface area (Å²) in [6.07, 6.45) is 0. The highest BCUT2D eigenvalue weighted by atomic mass is 32.1. The zero-order valence-corrected chi connectivity index (χ0v) is 20.1. The van der Waals surface area contributed by atoms with Crippen molar-refractivity contribution in [3.8, 4) is 11.3 Å². The summed E-state index contributed by atoms with van der Waals surface area (Å²) < 4.78 is 5.93. The number of hydrogen-bond donors (Lipinski definition) is 3. The maximum atomic E-state index is 12.8. The second-order valence-electron chi connectivity index (χ2n) is 9.17. The van der Waals surface area contributed by atoms with Gasteiger partial charge in [-0.05, 0) is 49.3 Å². The summed E-state index contributed by atoms with van der Waals surface area (Å²) in [4.78, 5) is 25.8. The summed E-state index contributed by atoms with van der Waals surface area (Å²) in [6, 6.07) is 9.22. The molecule has 0 saturated heterocycles. The molecule has 1 atom stereocenters. The van der Waals surface area contributed by atoms with Crippen LogP contribution in [0.2, 0.25) is 0 Å². The van der Waals surface area contributed by atoms with E-state index in [2.05, 4.69) is 35.6 Å². The van der Waals surface area contributed by atoms with Crippen molar-refractivity contribution in [1.29, 1.82) is 0 Å². The Kier molecular flexibility index (Phi) is 6.41. The minimum atomic E-state index is -0.626. The van der Waals surface area contributed by atoms with Crippen molar-refractivity contribution in [3.63, 3.8) is 0 Å². The van der Waals surface area contributed by atoms with Crippen molar-refractivity contribution in [2.45, 2.75) is 58.9 Å². The molecule has 0 aliphatic heterocycles. The highest BCUT2D eigenvalue weighted by molar-refractivity contribution is 7.06. The summed E-state index contributed by atoms with van der Waals surface area (Å²) in [5.74, 6) is -0.349. The Balaban J connectivity index is 1.81. The number of rotatable bonds is 6. The minimum absolute atomic E-state index is 0.0161. The standard InChI is InChI=1S/C23H30N6O2S/c1-12(2)29-20(24)18(21(25)30)19(27-29)15-9-7-14(8-10-15)13(3)22(31)26-17-11-16(32-28-17)23(4,5)6/h7-13H,24H2,1-6H3,(H2,25,30)(H,26,28,31). The molecule has 0 aliphatic carbocycles. The smallest absolute Gasteiger partial charge is 0.254 e. The van der Waals surface area contributed by atoms with Crippen molar-refractivity contribution in [2.24, 2.45) is 5.73 Å². The summed E-state index contributed by atoms with van der Waals surface area (Å²) in [7, 11) is 0. The highest BCUT2D eigenvalue weighted by Gasteiger charge is 2.24. The van der Waals surface area contributed by atoms with E-state index in [1.54, 1.807) is 4.68 Å². The van der Waals surface area contributed by atoms with Crippen LogP contribution in [-0.2, 0) is 10.2 Å². The number of nitrogens with two attached hydrogens (primary N) is 2. The maximum absolute atomic E-state index is 12.8. The van der Waals surface area contributed by atoms with E-state index < -0.39 is 11.8 Å². The third-order valence-corrected chi connectivity index (χ3v) is 6.48. The maximum Gasteiger partial charge on any atom is 0.254 e. The van der Waals surface area contributed by atoms with Crippen molar-refractivity contribution in [2.75, 3.05) is 11.1 Å². The lowest BCUT2D eigenvalue weighted by Gasteiger charge is -2.14. The predicted molar refractivity (Wildman–Crippen MR) is 129 cm³/mol. The van der Waals surface area contributed by atoms with Crippen LogP contribution < -0.4 is 16.8 Å². The van der Waals surface area contributed by atoms with Crippen LogP contribution in [0.4, 0.5) is 11.6 Å². The van der Waals surface area contributed by atoms with Gasteiger partial charge in [-0.25, -0.2) is 4.68 Å². The van der Waals surface area contributed by atoms with Crippen LogP contribution in [0.1, 0.15) is 74.3 Å². The number of carbonyl (C=O) groups excluding carboxylic acids is 2. The van der Waals surface area contributed by atoms with E-state index in [0.717, 1.165) is 10.4 Å². The number of nitrogens with one attached hydrogen (secondary N) is 1. The van der Waals surface area contributed by atoms with E-state index in [-0.39, 0.29) is 28.7 Å². The first-order valence-corrected chi connectivity index (χ1v) is 11.2. The molecule has 8 nitrogen and oxygen atoms in total. The summed E-state index contributed by atoms with van der Waals surface area (Å²) in [5.41, 5.74) is 13.8. The van der Waals surface area contributed by atoms with Crippen LogP contribution in [0.5, 0.6) is 0 Å². The number of nitrogen functional groups attached to an aromatic ring is 1. The lowest BCUT2D eigenvalue weighted by Crippen LogP contribution is -2.19. The Hall–Kier alpha value is -3.20. The highest BCUT2D eigenvalue weighted by Crippen LogP contribution is 2.31. The van der Waals surface area contributed by atoms with Crippen LogP contribution in [0, 0.1) is 0 Å². The molecule has 5 N–H and O–H groups in total. The van der Waals surface area contributed by atoms with Crippen LogP contribution in [0.3, 0.4) is 0 Å². The van der Waals surface area contributed by atoms with Crippen LogP contribution in [-0.4, -0.2) is 26.0 Å². The topological polar surface area (TPSA) is 129 Å². The van der Waals surface area contributed by atoms with E-state index in [4.69, 9.17) is 11.5 Å². The molecule has 2 amide bonds. The van der Waals surface area contributed by atoms with Crippen LogP contribution in [0.25, 0.3) is 11.3 Å². The van der Waals surface area contributed by atoms with Crippen LogP contribution >= 0.6 is 11.5 Å². The first kappa shape index (κ1) is 23.5. The van der Waals surface area contributed by atoms with Gasteiger partial charge in [0.05, 0.1) is 5.92 Å². The zero-order valence-electron chi connectivity index (χ0n) is 19.3. The van der Waals surface area contributed by atoms with Gasteiger partial charge in [-0.1, -0.05) is 45.0 Å². The van der Waals surface area contributed by atoms with Gasteiger partial charge in [-0.15, -0.1) is 0 Å². The van der Waals surface area contributed by atoms with Gasteiger partial charge in [-0.2, -0.15) is 9.47 Å². The first-order valence-electron chi connectivity index (χ1n) is 10.5. The SMILES string of the molecule is CC(C(=O)Nc1cc(C(C)(C)C)sn1)c1ccc(-c2nn(C(C)C)c(N)c2C(N)=O)cc1. The molecule has 3 aromatic rings. The predicted octanol–water partition coefficient (Wildman–Crippen LogP) is 4.31. The minimum Gasteiger partial charge on any atom is -0.383 e. The fourth-order valence-corrected chi connectivity index (χ4v) is 4.02. The molecule has 0 bridgehead atoms. The summed E-state index contributed by atoms with van der Waals surface area (Å²) in [5, 5.41) is 7.39. The van der Waals surface area contributed by atoms with E-state index >= 15 is 0 Å². The molecule has 1 unspecified atom stereocenters. The largest absolute Gasteiger partial charge is 0.383 e. The van der Waals surface area contributed by atoms with E-state index in [1.165, 1.54) is 11.5 Å². The number of benzene rings is 1. The summed E-state index contributed by atoms with van der Waals surface area (Å²) in [6.45, 7) is 12.0. The Labute approximate surface area is 192 Å². The van der Waals surface area contributed by atoms with E-state index in [1.807, 2.05) is 51.1 Å². The molecule has 9 heteroatoms. The third-order valence-electron chi connectivity index (χ3n) is 5.26. The number of hydrogen-bond acceptors (Lipinski definition) is 6. The molecule has 2 heterocycles. The fraction of sp³-hybridized carbons (Fsp3) is 0.391. The number of nitrogens with zero attached hydrogens (tertiary/aromatic N) is 3. The molecule has 32 heavy (non-hydrogen) atoms. The Bertz CT molecular complexity index is 1140. The van der Waals surface area contributed by atoms with Crippen molar-refractivity contribution in [1.82, 2.24) is 14.2 Å². The Morgan fingerprint density at radius 1 is 1.12 bits per heavy atom. The monoisotopic (exact) mass is 454 g/mol. The van der Waals surface area contributed by atoms with Gasteiger partial charge < -0.3 is 16.8 Å². The Morgan fingerprint density at radius 2 is 1.75 bits per heavy atom. The zero-order chi connectivity index (χ0) is 23.8. The van der Waals surface area contributed by atoms with Gasteiger partial charge in [-0.3, -0.25) is 9.59 Å². The van der Waals surface area contributed by atoms with Gasteiger partial charge in [0.15, 0.2) is 0 Å².